The fourth-order valence-corrected chi connectivity index (χ4v) is 2.25. The van der Waals surface area contributed by atoms with Gasteiger partial charge in [0.2, 0.25) is 10.0 Å². The zero-order chi connectivity index (χ0) is 12.5. The Balaban J connectivity index is 2.21. The molecule has 1 aliphatic heterocycles. The van der Waals surface area contributed by atoms with E-state index in [-0.39, 0.29) is 5.75 Å². The molecular formula is C11H14N2O3S. The lowest BCUT2D eigenvalue weighted by Crippen LogP contribution is -2.31. The average molecular weight is 254 g/mol. The quantitative estimate of drug-likeness (QED) is 0.817. The maximum absolute atomic E-state index is 11.7. The Bertz CT molecular complexity index is 552. The van der Waals surface area contributed by atoms with Gasteiger partial charge in [0, 0.05) is 18.7 Å². The van der Waals surface area contributed by atoms with E-state index in [1.54, 1.807) is 12.1 Å². The fraction of sp³-hybridized carbons (Fsp3) is 0.364. The minimum absolute atomic E-state index is 0.106. The minimum Gasteiger partial charge on any atom is -0.309 e. The van der Waals surface area contributed by atoms with Crippen molar-refractivity contribution in [1.29, 1.82) is 0 Å². The largest absolute Gasteiger partial charge is 0.309 e. The van der Waals surface area contributed by atoms with E-state index in [9.17, 15) is 13.2 Å². The molecule has 2 rings (SSSR count). The van der Waals surface area contributed by atoms with Crippen LogP contribution in [0.1, 0.15) is 28.4 Å². The lowest BCUT2D eigenvalue weighted by molar-refractivity contribution is 0.0981. The number of sulfonamides is 1. The van der Waals surface area contributed by atoms with Gasteiger partial charge in [-0.15, -0.1) is 0 Å². The van der Waals surface area contributed by atoms with E-state index in [0.29, 0.717) is 5.56 Å². The predicted molar refractivity (Wildman–Crippen MR) is 63.9 cm³/mol. The summed E-state index contributed by atoms with van der Waals surface area (Å²) in [6.07, 6.45) is 0. The third kappa shape index (κ3) is 2.65. The van der Waals surface area contributed by atoms with Crippen LogP contribution in [0.4, 0.5) is 0 Å². The maximum atomic E-state index is 11.7. The summed E-state index contributed by atoms with van der Waals surface area (Å²) in [5.74, 6) is -0.674. The Hall–Kier alpha value is -1.40. The van der Waals surface area contributed by atoms with Gasteiger partial charge in [-0.25, -0.2) is 13.1 Å². The Labute approximate surface area is 100 Å². The molecule has 0 unspecified atom stereocenters. The SMILES string of the molecule is CCS(=O)(=O)NC(=O)c1ccc2c(c1)CNC2. The molecule has 1 aliphatic rings. The average Bonchev–Trinajstić information content (AvgIpc) is 2.75. The summed E-state index contributed by atoms with van der Waals surface area (Å²) < 4.78 is 24.6. The highest BCUT2D eigenvalue weighted by Gasteiger charge is 2.16. The molecule has 1 heterocycles. The van der Waals surface area contributed by atoms with E-state index < -0.39 is 15.9 Å². The number of hydrogen-bond acceptors (Lipinski definition) is 4. The van der Waals surface area contributed by atoms with Crippen molar-refractivity contribution in [2.75, 3.05) is 5.75 Å². The normalized spacial score (nSPS) is 14.4. The van der Waals surface area contributed by atoms with Gasteiger partial charge in [0.1, 0.15) is 0 Å². The van der Waals surface area contributed by atoms with Crippen molar-refractivity contribution in [3.8, 4) is 0 Å². The molecule has 0 aromatic heterocycles. The van der Waals surface area contributed by atoms with E-state index in [4.69, 9.17) is 0 Å². The second-order valence-electron chi connectivity index (χ2n) is 3.92. The maximum Gasteiger partial charge on any atom is 0.264 e. The van der Waals surface area contributed by atoms with Crippen molar-refractivity contribution in [2.24, 2.45) is 0 Å². The third-order valence-corrected chi connectivity index (χ3v) is 3.98. The predicted octanol–water partition coefficient (Wildman–Crippen LogP) is 0.369. The van der Waals surface area contributed by atoms with Crippen LogP contribution in [0, 0.1) is 0 Å². The molecule has 6 heteroatoms. The number of carbonyl (C=O) groups is 1. The summed E-state index contributed by atoms with van der Waals surface area (Å²) in [5.41, 5.74) is 2.58. The molecule has 0 spiro atoms. The Morgan fingerprint density at radius 3 is 2.76 bits per heavy atom. The zero-order valence-electron chi connectivity index (χ0n) is 9.49. The highest BCUT2D eigenvalue weighted by atomic mass is 32.2. The Morgan fingerprint density at radius 2 is 2.06 bits per heavy atom. The van der Waals surface area contributed by atoms with E-state index in [1.165, 1.54) is 6.92 Å². The van der Waals surface area contributed by atoms with Crippen molar-refractivity contribution in [3.05, 3.63) is 34.9 Å². The minimum atomic E-state index is -3.50. The van der Waals surface area contributed by atoms with Crippen molar-refractivity contribution < 1.29 is 13.2 Å². The standard InChI is InChI=1S/C11H14N2O3S/c1-2-17(15,16)13-11(14)8-3-4-9-6-12-7-10(9)5-8/h3-5,12H,2,6-7H2,1H3,(H,13,14). The number of hydrogen-bond donors (Lipinski definition) is 2. The first-order valence-electron chi connectivity index (χ1n) is 5.39. The Morgan fingerprint density at radius 1 is 1.35 bits per heavy atom. The van der Waals surface area contributed by atoms with Crippen LogP contribution in [-0.2, 0) is 23.1 Å². The van der Waals surface area contributed by atoms with Crippen LogP contribution in [0.25, 0.3) is 0 Å². The number of carbonyl (C=O) groups excluding carboxylic acids is 1. The summed E-state index contributed by atoms with van der Waals surface area (Å²) in [4.78, 5) is 11.7. The summed E-state index contributed by atoms with van der Waals surface area (Å²) in [6.45, 7) is 3.00. The molecule has 92 valence electrons. The van der Waals surface area contributed by atoms with Crippen molar-refractivity contribution in [2.45, 2.75) is 20.0 Å². The van der Waals surface area contributed by atoms with Crippen LogP contribution in [0.3, 0.4) is 0 Å². The van der Waals surface area contributed by atoms with Crippen LogP contribution >= 0.6 is 0 Å². The molecule has 0 saturated heterocycles. The number of amides is 1. The van der Waals surface area contributed by atoms with Gasteiger partial charge < -0.3 is 5.32 Å². The number of rotatable bonds is 3. The molecule has 2 N–H and O–H groups in total. The third-order valence-electron chi connectivity index (χ3n) is 2.73. The first kappa shape index (κ1) is 12.1. The smallest absolute Gasteiger partial charge is 0.264 e. The van der Waals surface area contributed by atoms with Gasteiger partial charge in [-0.2, -0.15) is 0 Å². The first-order chi connectivity index (χ1) is 8.02. The second-order valence-corrected chi connectivity index (χ2v) is 5.93. The molecular weight excluding hydrogens is 240 g/mol. The highest BCUT2D eigenvalue weighted by Crippen LogP contribution is 2.17. The van der Waals surface area contributed by atoms with Crippen LogP contribution < -0.4 is 10.0 Å². The van der Waals surface area contributed by atoms with Crippen molar-refractivity contribution >= 4 is 15.9 Å². The van der Waals surface area contributed by atoms with Crippen LogP contribution in [-0.4, -0.2) is 20.1 Å². The van der Waals surface area contributed by atoms with Gasteiger partial charge in [0.25, 0.3) is 5.91 Å². The van der Waals surface area contributed by atoms with Gasteiger partial charge in [0.15, 0.2) is 0 Å². The number of fused-ring (bicyclic) bond motifs is 1. The summed E-state index contributed by atoms with van der Waals surface area (Å²) in [6, 6.07) is 5.23. The molecule has 5 nitrogen and oxygen atoms in total. The molecule has 1 aromatic carbocycles. The van der Waals surface area contributed by atoms with E-state index in [1.807, 2.05) is 10.8 Å². The molecule has 1 amide bonds. The van der Waals surface area contributed by atoms with Gasteiger partial charge in [0.05, 0.1) is 5.75 Å². The molecule has 0 atom stereocenters. The van der Waals surface area contributed by atoms with Crippen LogP contribution in [0.15, 0.2) is 18.2 Å². The van der Waals surface area contributed by atoms with E-state index in [0.717, 1.165) is 24.2 Å². The van der Waals surface area contributed by atoms with Gasteiger partial charge >= 0.3 is 0 Å². The topological polar surface area (TPSA) is 75.3 Å². The summed E-state index contributed by atoms with van der Waals surface area (Å²) in [7, 11) is -3.50. The monoisotopic (exact) mass is 254 g/mol. The highest BCUT2D eigenvalue weighted by molar-refractivity contribution is 7.90. The molecule has 0 radical (unpaired) electrons. The zero-order valence-corrected chi connectivity index (χ0v) is 10.3. The van der Waals surface area contributed by atoms with Gasteiger partial charge in [-0.1, -0.05) is 6.07 Å². The van der Waals surface area contributed by atoms with Crippen LogP contribution in [0.2, 0.25) is 0 Å². The summed E-state index contributed by atoms with van der Waals surface area (Å²) >= 11 is 0. The van der Waals surface area contributed by atoms with Crippen LogP contribution in [0.5, 0.6) is 0 Å². The number of nitrogens with one attached hydrogen (secondary N) is 2. The molecule has 0 aliphatic carbocycles. The lowest BCUT2D eigenvalue weighted by atomic mass is 10.1. The summed E-state index contributed by atoms with van der Waals surface area (Å²) in [5, 5.41) is 3.16. The molecule has 0 fully saturated rings. The van der Waals surface area contributed by atoms with Crippen molar-refractivity contribution in [3.63, 3.8) is 0 Å². The fourth-order valence-electron chi connectivity index (χ4n) is 1.71. The number of benzene rings is 1. The van der Waals surface area contributed by atoms with Gasteiger partial charge in [-0.3, -0.25) is 4.79 Å². The van der Waals surface area contributed by atoms with E-state index >= 15 is 0 Å². The second kappa shape index (κ2) is 4.46. The van der Waals surface area contributed by atoms with E-state index in [2.05, 4.69) is 5.32 Å². The first-order valence-corrected chi connectivity index (χ1v) is 7.04. The Kier molecular flexibility index (Phi) is 3.17. The lowest BCUT2D eigenvalue weighted by Gasteiger charge is -2.06. The molecule has 0 bridgehead atoms. The molecule has 0 saturated carbocycles. The van der Waals surface area contributed by atoms with Crippen molar-refractivity contribution in [1.82, 2.24) is 10.0 Å². The molecule has 17 heavy (non-hydrogen) atoms. The molecule has 1 aromatic rings. The van der Waals surface area contributed by atoms with Gasteiger partial charge in [-0.05, 0) is 30.2 Å².